The van der Waals surface area contributed by atoms with Crippen molar-refractivity contribution >= 4 is 11.8 Å². The third-order valence-corrected chi connectivity index (χ3v) is 4.59. The molecule has 0 saturated carbocycles. The van der Waals surface area contributed by atoms with Crippen LogP contribution in [0.15, 0.2) is 11.6 Å². The molecule has 0 spiro atoms. The zero-order valence-electron chi connectivity index (χ0n) is 13.1. The maximum absolute atomic E-state index is 12.7. The van der Waals surface area contributed by atoms with Crippen molar-refractivity contribution in [2.75, 3.05) is 27.3 Å². The van der Waals surface area contributed by atoms with Gasteiger partial charge in [0.2, 0.25) is 11.8 Å². The first-order valence-electron chi connectivity index (χ1n) is 7.83. The Kier molecular flexibility index (Phi) is 5.39. The molecule has 5 heteroatoms. The van der Waals surface area contributed by atoms with E-state index >= 15 is 0 Å². The maximum atomic E-state index is 12.7. The Hall–Kier alpha value is -1.36. The number of ether oxygens (including phenoxy) is 1. The molecule has 0 radical (unpaired) electrons. The van der Waals surface area contributed by atoms with Gasteiger partial charge in [0.1, 0.15) is 5.54 Å². The summed E-state index contributed by atoms with van der Waals surface area (Å²) in [6.07, 6.45) is 8.62. The zero-order chi connectivity index (χ0) is 15.3. The second-order valence-corrected chi connectivity index (χ2v) is 5.98. The van der Waals surface area contributed by atoms with E-state index < -0.39 is 5.54 Å². The van der Waals surface area contributed by atoms with E-state index in [1.54, 1.807) is 19.1 Å². The van der Waals surface area contributed by atoms with E-state index in [2.05, 4.69) is 11.4 Å². The molecule has 1 unspecified atom stereocenters. The summed E-state index contributed by atoms with van der Waals surface area (Å²) in [7, 11) is 3.19. The van der Waals surface area contributed by atoms with Gasteiger partial charge in [-0.1, -0.05) is 11.6 Å². The van der Waals surface area contributed by atoms with Crippen molar-refractivity contribution in [1.29, 1.82) is 0 Å². The molecule has 0 aromatic carbocycles. The van der Waals surface area contributed by atoms with Crippen molar-refractivity contribution in [2.24, 2.45) is 0 Å². The van der Waals surface area contributed by atoms with Gasteiger partial charge in [0.05, 0.1) is 6.61 Å². The van der Waals surface area contributed by atoms with Crippen molar-refractivity contribution in [3.63, 3.8) is 0 Å². The first kappa shape index (κ1) is 16.0. The number of hydrogen-bond donors (Lipinski definition) is 1. The monoisotopic (exact) mass is 294 g/mol. The van der Waals surface area contributed by atoms with E-state index in [1.165, 1.54) is 12.0 Å². The summed E-state index contributed by atoms with van der Waals surface area (Å²) < 4.78 is 5.25. The standard InChI is InChI=1S/C16H26N2O3/c1-17-15(20)16(12-21-2)9-6-10-18(16)14(19)11-13-7-4-3-5-8-13/h7H,3-6,8-12H2,1-2H3,(H,17,20). The van der Waals surface area contributed by atoms with Gasteiger partial charge in [0.15, 0.2) is 0 Å². The molecule has 1 atom stereocenters. The number of carbonyl (C=O) groups excluding carboxylic acids is 2. The lowest BCUT2D eigenvalue weighted by Gasteiger charge is -2.36. The molecule has 0 aromatic heterocycles. The van der Waals surface area contributed by atoms with Crippen LogP contribution < -0.4 is 5.32 Å². The van der Waals surface area contributed by atoms with Crippen LogP contribution in [-0.4, -0.2) is 49.6 Å². The van der Waals surface area contributed by atoms with Gasteiger partial charge in [-0.15, -0.1) is 0 Å². The highest BCUT2D eigenvalue weighted by Crippen LogP contribution is 2.32. The van der Waals surface area contributed by atoms with Crippen LogP contribution in [-0.2, 0) is 14.3 Å². The van der Waals surface area contributed by atoms with Crippen LogP contribution in [0.2, 0.25) is 0 Å². The first-order chi connectivity index (χ1) is 10.1. The van der Waals surface area contributed by atoms with Crippen LogP contribution >= 0.6 is 0 Å². The molecule has 21 heavy (non-hydrogen) atoms. The predicted molar refractivity (Wildman–Crippen MR) is 80.8 cm³/mol. The van der Waals surface area contributed by atoms with Gasteiger partial charge < -0.3 is 15.0 Å². The molecular formula is C16H26N2O3. The third kappa shape index (κ3) is 3.28. The number of nitrogens with zero attached hydrogens (tertiary/aromatic N) is 1. The molecule has 1 fully saturated rings. The SMILES string of the molecule is CNC(=O)C1(COC)CCCN1C(=O)CC1=CCCCC1. The Balaban J connectivity index is 2.13. The van der Waals surface area contributed by atoms with Crippen LogP contribution in [0.5, 0.6) is 0 Å². The van der Waals surface area contributed by atoms with E-state index in [-0.39, 0.29) is 18.4 Å². The molecule has 2 rings (SSSR count). The molecule has 5 nitrogen and oxygen atoms in total. The van der Waals surface area contributed by atoms with Gasteiger partial charge in [0, 0.05) is 27.1 Å². The fourth-order valence-corrected chi connectivity index (χ4v) is 3.52. The van der Waals surface area contributed by atoms with E-state index in [0.717, 1.165) is 25.7 Å². The Bertz CT molecular complexity index is 433. The predicted octanol–water partition coefficient (Wildman–Crippen LogP) is 1.63. The van der Waals surface area contributed by atoms with Gasteiger partial charge >= 0.3 is 0 Å². The largest absolute Gasteiger partial charge is 0.382 e. The van der Waals surface area contributed by atoms with Gasteiger partial charge in [-0.05, 0) is 38.5 Å². The lowest BCUT2D eigenvalue weighted by atomic mass is 9.93. The van der Waals surface area contributed by atoms with Crippen LogP contribution in [0, 0.1) is 0 Å². The molecule has 2 aliphatic rings. The van der Waals surface area contributed by atoms with Crippen LogP contribution in [0.1, 0.15) is 44.9 Å². The molecule has 1 aliphatic carbocycles. The summed E-state index contributed by atoms with van der Waals surface area (Å²) in [4.78, 5) is 26.7. The minimum atomic E-state index is -0.824. The second-order valence-electron chi connectivity index (χ2n) is 5.98. The second kappa shape index (κ2) is 7.07. The number of methoxy groups -OCH3 is 1. The molecule has 0 bridgehead atoms. The first-order valence-corrected chi connectivity index (χ1v) is 7.83. The zero-order valence-corrected chi connectivity index (χ0v) is 13.1. The van der Waals surface area contributed by atoms with E-state index in [0.29, 0.717) is 19.4 Å². The molecule has 2 amide bonds. The minimum absolute atomic E-state index is 0.0568. The highest BCUT2D eigenvalue weighted by atomic mass is 16.5. The van der Waals surface area contributed by atoms with E-state index in [9.17, 15) is 9.59 Å². The van der Waals surface area contributed by atoms with Crippen molar-refractivity contribution in [2.45, 2.75) is 50.5 Å². The van der Waals surface area contributed by atoms with Gasteiger partial charge in [-0.3, -0.25) is 9.59 Å². The smallest absolute Gasteiger partial charge is 0.248 e. The number of carbonyl (C=O) groups is 2. The Morgan fingerprint density at radius 2 is 2.19 bits per heavy atom. The molecule has 1 N–H and O–H groups in total. The Labute approximate surface area is 126 Å². The number of likely N-dealkylation sites (tertiary alicyclic amines) is 1. The summed E-state index contributed by atoms with van der Waals surface area (Å²) in [5, 5.41) is 2.69. The van der Waals surface area contributed by atoms with Crippen LogP contribution in [0.4, 0.5) is 0 Å². The fraction of sp³-hybridized carbons (Fsp3) is 0.750. The maximum Gasteiger partial charge on any atom is 0.248 e. The number of amides is 2. The lowest BCUT2D eigenvalue weighted by Crippen LogP contribution is -2.59. The lowest BCUT2D eigenvalue weighted by molar-refractivity contribution is -0.147. The van der Waals surface area contributed by atoms with Crippen molar-refractivity contribution in [3.8, 4) is 0 Å². The van der Waals surface area contributed by atoms with Crippen molar-refractivity contribution in [3.05, 3.63) is 11.6 Å². The number of hydrogen-bond acceptors (Lipinski definition) is 3. The van der Waals surface area contributed by atoms with Gasteiger partial charge in [0.25, 0.3) is 0 Å². The molecule has 1 saturated heterocycles. The summed E-state index contributed by atoms with van der Waals surface area (Å²) in [5.74, 6) is -0.0610. The minimum Gasteiger partial charge on any atom is -0.382 e. The number of rotatable bonds is 5. The van der Waals surface area contributed by atoms with Crippen LogP contribution in [0.3, 0.4) is 0 Å². The van der Waals surface area contributed by atoms with Crippen molar-refractivity contribution < 1.29 is 14.3 Å². The molecular weight excluding hydrogens is 268 g/mol. The molecule has 118 valence electrons. The van der Waals surface area contributed by atoms with E-state index in [1.807, 2.05) is 0 Å². The summed E-state index contributed by atoms with van der Waals surface area (Å²) in [6.45, 7) is 0.903. The Morgan fingerprint density at radius 3 is 2.81 bits per heavy atom. The summed E-state index contributed by atoms with van der Waals surface area (Å²) in [6, 6.07) is 0. The number of allylic oxidation sites excluding steroid dienone is 1. The molecule has 1 heterocycles. The van der Waals surface area contributed by atoms with Crippen molar-refractivity contribution in [1.82, 2.24) is 10.2 Å². The van der Waals surface area contributed by atoms with Crippen LogP contribution in [0.25, 0.3) is 0 Å². The molecule has 1 aliphatic heterocycles. The molecule has 0 aromatic rings. The number of likely N-dealkylation sites (N-methyl/N-ethyl adjacent to an activating group) is 1. The third-order valence-electron chi connectivity index (χ3n) is 4.59. The Morgan fingerprint density at radius 1 is 1.38 bits per heavy atom. The summed E-state index contributed by atoms with van der Waals surface area (Å²) in [5.41, 5.74) is 0.400. The average Bonchev–Trinajstić information content (AvgIpc) is 2.93. The van der Waals surface area contributed by atoms with Gasteiger partial charge in [-0.25, -0.2) is 0 Å². The van der Waals surface area contributed by atoms with Gasteiger partial charge in [-0.2, -0.15) is 0 Å². The topological polar surface area (TPSA) is 58.6 Å². The average molecular weight is 294 g/mol. The van der Waals surface area contributed by atoms with E-state index in [4.69, 9.17) is 4.74 Å². The number of nitrogens with one attached hydrogen (secondary N) is 1. The summed E-state index contributed by atoms with van der Waals surface area (Å²) >= 11 is 0. The fourth-order valence-electron chi connectivity index (χ4n) is 3.52. The highest BCUT2D eigenvalue weighted by Gasteiger charge is 2.49. The highest BCUT2D eigenvalue weighted by molar-refractivity contribution is 5.92. The normalized spacial score (nSPS) is 25.6. The quantitative estimate of drug-likeness (QED) is 0.784.